The second-order valence-corrected chi connectivity index (χ2v) is 4.76. The normalized spacial score (nSPS) is 10.2. The van der Waals surface area contributed by atoms with Crippen LogP contribution in [0.2, 0.25) is 0 Å². The van der Waals surface area contributed by atoms with Gasteiger partial charge in [-0.05, 0) is 52.1 Å². The van der Waals surface area contributed by atoms with Crippen LogP contribution in [0.1, 0.15) is 17.3 Å². The highest BCUT2D eigenvalue weighted by Gasteiger charge is 2.22. The molecule has 0 spiro atoms. The fraction of sp³-hybridized carbons (Fsp3) is 0.125. The van der Waals surface area contributed by atoms with E-state index in [0.29, 0.717) is 0 Å². The zero-order chi connectivity index (χ0) is 11.0. The van der Waals surface area contributed by atoms with Crippen LogP contribution in [0, 0.1) is 7.14 Å². The Hall–Kier alpha value is -0.250. The quantitative estimate of drug-likeness (QED) is 0.370. The molecule has 0 aromatic heterocycles. The third kappa shape index (κ3) is 1.76. The molecule has 0 fully saturated rings. The largest absolute Gasteiger partial charge is 0.503 e. The summed E-state index contributed by atoms with van der Waals surface area (Å²) >= 11 is 3.48. The Bertz CT molecular complexity index is 385. The molecule has 0 unspecified atom stereocenters. The average molecular weight is 420 g/mol. The zero-order valence-corrected chi connectivity index (χ0v) is 11.3. The van der Waals surface area contributed by atoms with E-state index in [0.717, 1.165) is 0 Å². The minimum atomic E-state index is -0.594. The first-order valence-corrected chi connectivity index (χ1v) is 5.66. The minimum Gasteiger partial charge on any atom is -0.503 e. The van der Waals surface area contributed by atoms with E-state index in [4.69, 9.17) is 0 Å². The Kier molecular flexibility index (Phi) is 3.45. The first kappa shape index (κ1) is 11.8. The van der Waals surface area contributed by atoms with Gasteiger partial charge in [0.05, 0.1) is 12.7 Å². The summed E-state index contributed by atoms with van der Waals surface area (Å²) in [7, 11) is 0. The van der Waals surface area contributed by atoms with Gasteiger partial charge in [-0.3, -0.25) is 4.79 Å². The number of phenols is 3. The molecule has 0 atom stereocenters. The van der Waals surface area contributed by atoms with Gasteiger partial charge in [0.15, 0.2) is 17.3 Å². The van der Waals surface area contributed by atoms with Crippen LogP contribution >= 0.6 is 45.2 Å². The molecular weight excluding hydrogens is 414 g/mol. The van der Waals surface area contributed by atoms with Gasteiger partial charge in [0.2, 0.25) is 5.75 Å². The summed E-state index contributed by atoms with van der Waals surface area (Å²) < 4.78 is 0.490. The monoisotopic (exact) mass is 420 g/mol. The van der Waals surface area contributed by atoms with Crippen molar-refractivity contribution in [2.45, 2.75) is 6.92 Å². The van der Waals surface area contributed by atoms with Crippen LogP contribution in [0.15, 0.2) is 0 Å². The number of benzene rings is 1. The van der Waals surface area contributed by atoms with Crippen LogP contribution in [0.25, 0.3) is 0 Å². The minimum absolute atomic E-state index is 0.221. The van der Waals surface area contributed by atoms with Crippen molar-refractivity contribution >= 4 is 51.0 Å². The second kappa shape index (κ2) is 4.09. The molecule has 1 aromatic carbocycles. The predicted molar refractivity (Wildman–Crippen MR) is 66.9 cm³/mol. The van der Waals surface area contributed by atoms with Crippen LogP contribution in [-0.4, -0.2) is 21.1 Å². The summed E-state index contributed by atoms with van der Waals surface area (Å²) in [5.41, 5.74) is 0.221. The highest BCUT2D eigenvalue weighted by atomic mass is 127. The third-order valence-corrected chi connectivity index (χ3v) is 3.76. The number of Topliss-reactive ketones (excluding diaryl/α,β-unsaturated/α-hetero) is 1. The molecule has 6 heteroatoms. The Balaban J connectivity index is 3.68. The Morgan fingerprint density at radius 2 is 1.36 bits per heavy atom. The predicted octanol–water partition coefficient (Wildman–Crippen LogP) is 2.22. The van der Waals surface area contributed by atoms with Gasteiger partial charge >= 0.3 is 0 Å². The van der Waals surface area contributed by atoms with E-state index in [1.165, 1.54) is 6.92 Å². The maximum atomic E-state index is 11.2. The van der Waals surface area contributed by atoms with Gasteiger partial charge in [-0.2, -0.15) is 0 Å². The van der Waals surface area contributed by atoms with Crippen LogP contribution in [0.3, 0.4) is 0 Å². The van der Waals surface area contributed by atoms with E-state index in [9.17, 15) is 20.1 Å². The molecule has 0 heterocycles. The zero-order valence-electron chi connectivity index (χ0n) is 7.01. The molecule has 0 bridgehead atoms. The summed E-state index contributed by atoms with van der Waals surface area (Å²) in [4.78, 5) is 11.2. The van der Waals surface area contributed by atoms with Gasteiger partial charge in [0.25, 0.3) is 0 Å². The van der Waals surface area contributed by atoms with Crippen LogP contribution in [-0.2, 0) is 0 Å². The van der Waals surface area contributed by atoms with E-state index >= 15 is 0 Å². The SMILES string of the molecule is CC(=O)c1c(I)c(O)c(O)c(O)c1I. The molecule has 76 valence electrons. The summed E-state index contributed by atoms with van der Waals surface area (Å²) in [5.74, 6) is -1.80. The van der Waals surface area contributed by atoms with Gasteiger partial charge in [-0.15, -0.1) is 0 Å². The lowest BCUT2D eigenvalue weighted by Crippen LogP contribution is -2.00. The molecule has 1 aromatic rings. The fourth-order valence-corrected chi connectivity index (χ4v) is 3.29. The van der Waals surface area contributed by atoms with E-state index in [-0.39, 0.29) is 18.5 Å². The fourth-order valence-electron chi connectivity index (χ4n) is 0.962. The van der Waals surface area contributed by atoms with E-state index in [1.54, 1.807) is 45.2 Å². The molecule has 0 radical (unpaired) electrons. The molecule has 1 rings (SSSR count). The Morgan fingerprint density at radius 1 is 1.00 bits per heavy atom. The van der Waals surface area contributed by atoms with Crippen LogP contribution in [0.5, 0.6) is 17.2 Å². The molecule has 4 nitrogen and oxygen atoms in total. The van der Waals surface area contributed by atoms with Crippen molar-refractivity contribution in [2.75, 3.05) is 0 Å². The molecule has 0 saturated carbocycles. The van der Waals surface area contributed by atoms with Crippen molar-refractivity contribution in [1.82, 2.24) is 0 Å². The second-order valence-electron chi connectivity index (χ2n) is 2.60. The molecule has 14 heavy (non-hydrogen) atoms. The Labute approximate surface area is 107 Å². The number of hydrogen-bond acceptors (Lipinski definition) is 4. The maximum absolute atomic E-state index is 11.2. The van der Waals surface area contributed by atoms with Gasteiger partial charge in [-0.25, -0.2) is 0 Å². The Morgan fingerprint density at radius 3 is 1.64 bits per heavy atom. The molecule has 0 aliphatic rings. The number of ketones is 1. The topological polar surface area (TPSA) is 77.8 Å². The number of aromatic hydroxyl groups is 3. The van der Waals surface area contributed by atoms with E-state index in [2.05, 4.69) is 0 Å². The number of hydrogen-bond donors (Lipinski definition) is 3. The van der Waals surface area contributed by atoms with Gasteiger partial charge in [-0.1, -0.05) is 0 Å². The van der Waals surface area contributed by atoms with Crippen molar-refractivity contribution in [3.05, 3.63) is 12.7 Å². The maximum Gasteiger partial charge on any atom is 0.202 e. The third-order valence-electron chi connectivity index (χ3n) is 1.66. The highest BCUT2D eigenvalue weighted by Crippen LogP contribution is 2.44. The lowest BCUT2D eigenvalue weighted by Gasteiger charge is -2.10. The van der Waals surface area contributed by atoms with E-state index < -0.39 is 17.2 Å². The summed E-state index contributed by atoms with van der Waals surface area (Å²) in [6, 6.07) is 0. The van der Waals surface area contributed by atoms with Crippen LogP contribution in [0.4, 0.5) is 0 Å². The van der Waals surface area contributed by atoms with Crippen molar-refractivity contribution in [1.29, 1.82) is 0 Å². The first-order chi connectivity index (χ1) is 6.37. The van der Waals surface area contributed by atoms with Crippen molar-refractivity contribution in [3.63, 3.8) is 0 Å². The lowest BCUT2D eigenvalue weighted by molar-refractivity contribution is 0.101. The van der Waals surface area contributed by atoms with Crippen molar-refractivity contribution in [3.8, 4) is 17.2 Å². The smallest absolute Gasteiger partial charge is 0.202 e. The molecule has 0 amide bonds. The van der Waals surface area contributed by atoms with Gasteiger partial charge in [0.1, 0.15) is 0 Å². The molecule has 3 N–H and O–H groups in total. The number of rotatable bonds is 1. The van der Waals surface area contributed by atoms with Crippen molar-refractivity contribution < 1.29 is 20.1 Å². The number of halogens is 2. The summed E-state index contributed by atoms with van der Waals surface area (Å²) in [6.45, 7) is 1.33. The first-order valence-electron chi connectivity index (χ1n) is 3.50. The lowest BCUT2D eigenvalue weighted by atomic mass is 10.1. The standard InChI is InChI=1S/C8H6I2O4/c1-2(11)3-4(9)6(12)8(14)7(13)5(3)10/h12-14H,1H3. The summed E-state index contributed by atoms with van der Waals surface area (Å²) in [6.07, 6.45) is 0. The highest BCUT2D eigenvalue weighted by molar-refractivity contribution is 14.1. The van der Waals surface area contributed by atoms with E-state index in [1.807, 2.05) is 0 Å². The van der Waals surface area contributed by atoms with Crippen molar-refractivity contribution in [2.24, 2.45) is 0 Å². The molecule has 0 aliphatic carbocycles. The molecule has 0 aliphatic heterocycles. The van der Waals surface area contributed by atoms with Crippen LogP contribution < -0.4 is 0 Å². The number of phenolic OH excluding ortho intramolecular Hbond substituents is 3. The summed E-state index contributed by atoms with van der Waals surface area (Å²) in [5, 5.41) is 28.0. The number of carbonyl (C=O) groups is 1. The van der Waals surface area contributed by atoms with Gasteiger partial charge in [0, 0.05) is 0 Å². The average Bonchev–Trinajstić information content (AvgIpc) is 2.11. The molecular formula is C8H6I2O4. The molecule has 0 saturated heterocycles. The number of carbonyl (C=O) groups excluding carboxylic acids is 1. The van der Waals surface area contributed by atoms with Gasteiger partial charge < -0.3 is 15.3 Å².